The minimum absolute atomic E-state index is 0.281. The average Bonchev–Trinajstić information content (AvgIpc) is 2.55. The monoisotopic (exact) mass is 329 g/mol. The van der Waals surface area contributed by atoms with E-state index in [0.29, 0.717) is 5.41 Å². The minimum atomic E-state index is 0.281. The molecule has 134 valence electrons. The number of likely N-dealkylation sites (N-methyl/N-ethyl adjacent to an activating group) is 1. The lowest BCUT2D eigenvalue weighted by Gasteiger charge is -2.53. The summed E-state index contributed by atoms with van der Waals surface area (Å²) < 4.78 is 1.17. The largest absolute Gasteiger partial charge is 0.326 e. The Labute approximate surface area is 149 Å². The van der Waals surface area contributed by atoms with Gasteiger partial charge in [0.25, 0.3) is 0 Å². The number of hydrogen-bond acceptors (Lipinski definition) is 1. The Morgan fingerprint density at radius 2 is 1.50 bits per heavy atom. The van der Waals surface area contributed by atoms with Crippen LogP contribution in [0, 0.1) is 11.3 Å². The van der Waals surface area contributed by atoms with Gasteiger partial charge >= 0.3 is 0 Å². The highest BCUT2D eigenvalue weighted by molar-refractivity contribution is 5.26. The predicted octanol–water partition coefficient (Wildman–Crippen LogP) is 4.51. The third kappa shape index (κ3) is 3.55. The number of quaternary nitrogens is 1. The summed E-state index contributed by atoms with van der Waals surface area (Å²) >= 11 is 0. The maximum atomic E-state index is 2.84. The lowest BCUT2D eigenvalue weighted by atomic mass is 9.65. The van der Waals surface area contributed by atoms with Gasteiger partial charge in [-0.15, -0.1) is 0 Å². The molecule has 2 aliphatic rings. The standard InChI is InChI=1S/C22H37N2/c1-21(2,3)19-11-13-22(14-12-19,20-9-7-6-8-10-20)23-15-17-24(4,5)18-16-23/h6-10,19H,11-18H2,1-5H3/q+1. The number of rotatable bonds is 2. The highest BCUT2D eigenvalue weighted by atomic mass is 15.4. The van der Waals surface area contributed by atoms with Crippen molar-refractivity contribution in [2.45, 2.75) is 52.0 Å². The number of hydrogen-bond donors (Lipinski definition) is 0. The van der Waals surface area contributed by atoms with Gasteiger partial charge in [-0.3, -0.25) is 4.90 Å². The average molecular weight is 330 g/mol. The Bertz CT molecular complexity index is 523. The molecule has 1 aliphatic carbocycles. The van der Waals surface area contributed by atoms with Crippen LogP contribution >= 0.6 is 0 Å². The van der Waals surface area contributed by atoms with E-state index in [1.54, 1.807) is 5.56 Å². The van der Waals surface area contributed by atoms with E-state index in [1.807, 2.05) is 0 Å². The summed E-state index contributed by atoms with van der Waals surface area (Å²) in [6.45, 7) is 12.3. The van der Waals surface area contributed by atoms with E-state index in [0.717, 1.165) is 5.92 Å². The van der Waals surface area contributed by atoms with E-state index in [9.17, 15) is 0 Å². The highest BCUT2D eigenvalue weighted by Gasteiger charge is 2.45. The fraction of sp³-hybridized carbons (Fsp3) is 0.727. The van der Waals surface area contributed by atoms with Gasteiger partial charge in [0.15, 0.2) is 0 Å². The van der Waals surface area contributed by atoms with Crippen molar-refractivity contribution in [1.82, 2.24) is 4.90 Å². The highest BCUT2D eigenvalue weighted by Crippen LogP contribution is 2.48. The zero-order chi connectivity index (χ0) is 17.4. The van der Waals surface area contributed by atoms with Gasteiger partial charge in [-0.1, -0.05) is 51.1 Å². The predicted molar refractivity (Wildman–Crippen MR) is 103 cm³/mol. The molecular weight excluding hydrogens is 292 g/mol. The molecule has 1 heterocycles. The molecule has 1 aliphatic heterocycles. The van der Waals surface area contributed by atoms with E-state index in [2.05, 4.69) is 70.1 Å². The van der Waals surface area contributed by atoms with Crippen LogP contribution in [0.25, 0.3) is 0 Å². The smallest absolute Gasteiger partial charge is 0.0912 e. The van der Waals surface area contributed by atoms with Crippen molar-refractivity contribution >= 4 is 0 Å². The summed E-state index contributed by atoms with van der Waals surface area (Å²) in [5, 5.41) is 0. The van der Waals surface area contributed by atoms with E-state index >= 15 is 0 Å². The summed E-state index contributed by atoms with van der Waals surface area (Å²) in [7, 11) is 4.76. The van der Waals surface area contributed by atoms with Crippen LogP contribution in [-0.2, 0) is 5.54 Å². The van der Waals surface area contributed by atoms with Gasteiger partial charge in [-0.05, 0) is 42.6 Å². The molecule has 2 nitrogen and oxygen atoms in total. The molecule has 1 saturated heterocycles. The second-order valence-electron chi connectivity index (χ2n) is 9.91. The maximum absolute atomic E-state index is 2.84. The molecular formula is C22H37N2+. The molecule has 2 fully saturated rings. The molecule has 0 aromatic heterocycles. The fourth-order valence-corrected chi connectivity index (χ4v) is 4.93. The summed E-state index contributed by atoms with van der Waals surface area (Å²) in [4.78, 5) is 2.84. The lowest BCUT2D eigenvalue weighted by molar-refractivity contribution is -0.895. The van der Waals surface area contributed by atoms with Gasteiger partial charge in [-0.2, -0.15) is 0 Å². The van der Waals surface area contributed by atoms with Gasteiger partial charge in [0.05, 0.1) is 27.2 Å². The first-order valence-electron chi connectivity index (χ1n) is 9.86. The molecule has 1 saturated carbocycles. The van der Waals surface area contributed by atoms with Crippen molar-refractivity contribution in [3.05, 3.63) is 35.9 Å². The second-order valence-corrected chi connectivity index (χ2v) is 9.91. The zero-order valence-electron chi connectivity index (χ0n) is 16.5. The molecule has 0 atom stereocenters. The summed E-state index contributed by atoms with van der Waals surface area (Å²) in [5.41, 5.74) is 2.29. The molecule has 0 unspecified atom stereocenters. The van der Waals surface area contributed by atoms with Crippen LogP contribution in [0.5, 0.6) is 0 Å². The molecule has 0 spiro atoms. The van der Waals surface area contributed by atoms with Crippen molar-refractivity contribution in [3.8, 4) is 0 Å². The Balaban J connectivity index is 1.85. The van der Waals surface area contributed by atoms with Gasteiger partial charge in [0.1, 0.15) is 0 Å². The third-order valence-electron chi connectivity index (χ3n) is 6.90. The Kier molecular flexibility index (Phi) is 4.83. The molecule has 1 aromatic carbocycles. The number of piperazine rings is 1. The second kappa shape index (κ2) is 6.46. The number of nitrogens with zero attached hydrogens (tertiary/aromatic N) is 2. The van der Waals surface area contributed by atoms with Crippen LogP contribution in [0.2, 0.25) is 0 Å². The Hall–Kier alpha value is -0.860. The van der Waals surface area contributed by atoms with Crippen LogP contribution in [0.1, 0.15) is 52.0 Å². The minimum Gasteiger partial charge on any atom is -0.326 e. The van der Waals surface area contributed by atoms with Crippen molar-refractivity contribution in [2.24, 2.45) is 11.3 Å². The first-order valence-corrected chi connectivity index (χ1v) is 9.86. The van der Waals surface area contributed by atoms with Gasteiger partial charge < -0.3 is 4.48 Å². The van der Waals surface area contributed by atoms with Crippen LogP contribution in [0.15, 0.2) is 30.3 Å². The molecule has 0 amide bonds. The SMILES string of the molecule is CC(C)(C)C1CCC(c2ccccc2)(N2CC[N+](C)(C)CC2)CC1. The molecule has 0 N–H and O–H groups in total. The van der Waals surface area contributed by atoms with E-state index < -0.39 is 0 Å². The number of benzene rings is 1. The third-order valence-corrected chi connectivity index (χ3v) is 6.90. The van der Waals surface area contributed by atoms with Gasteiger partial charge in [0, 0.05) is 18.6 Å². The van der Waals surface area contributed by atoms with E-state index in [1.165, 1.54) is 56.3 Å². The van der Waals surface area contributed by atoms with E-state index in [4.69, 9.17) is 0 Å². The first-order chi connectivity index (χ1) is 11.2. The molecule has 0 bridgehead atoms. The van der Waals surface area contributed by atoms with Crippen molar-refractivity contribution < 1.29 is 4.48 Å². The van der Waals surface area contributed by atoms with Crippen LogP contribution in [0.3, 0.4) is 0 Å². The summed E-state index contributed by atoms with van der Waals surface area (Å²) in [6, 6.07) is 11.4. The quantitative estimate of drug-likeness (QED) is 0.722. The zero-order valence-corrected chi connectivity index (χ0v) is 16.5. The lowest BCUT2D eigenvalue weighted by Crippen LogP contribution is -2.61. The Morgan fingerprint density at radius 3 is 2.00 bits per heavy atom. The fourth-order valence-electron chi connectivity index (χ4n) is 4.93. The van der Waals surface area contributed by atoms with Crippen LogP contribution in [0.4, 0.5) is 0 Å². The summed E-state index contributed by atoms with van der Waals surface area (Å²) in [5.74, 6) is 0.867. The Morgan fingerprint density at radius 1 is 0.958 bits per heavy atom. The molecule has 1 aromatic rings. The first kappa shape index (κ1) is 17.9. The van der Waals surface area contributed by atoms with Crippen molar-refractivity contribution in [2.75, 3.05) is 40.3 Å². The van der Waals surface area contributed by atoms with E-state index in [-0.39, 0.29) is 5.54 Å². The topological polar surface area (TPSA) is 3.24 Å². The molecule has 0 radical (unpaired) electrons. The summed E-state index contributed by atoms with van der Waals surface area (Å²) in [6.07, 6.45) is 5.39. The molecule has 2 heteroatoms. The normalized spacial score (nSPS) is 31.8. The molecule has 24 heavy (non-hydrogen) atoms. The van der Waals surface area contributed by atoms with Crippen molar-refractivity contribution in [3.63, 3.8) is 0 Å². The van der Waals surface area contributed by atoms with Gasteiger partial charge in [0.2, 0.25) is 0 Å². The van der Waals surface area contributed by atoms with Crippen LogP contribution in [-0.4, -0.2) is 49.7 Å². The maximum Gasteiger partial charge on any atom is 0.0912 e. The van der Waals surface area contributed by atoms with Crippen LogP contribution < -0.4 is 0 Å². The van der Waals surface area contributed by atoms with Gasteiger partial charge in [-0.25, -0.2) is 0 Å². The molecule has 3 rings (SSSR count). The van der Waals surface area contributed by atoms with Crippen molar-refractivity contribution in [1.29, 1.82) is 0 Å².